The number of esters is 2. The fourth-order valence-corrected chi connectivity index (χ4v) is 3.83. The van der Waals surface area contributed by atoms with E-state index in [-0.39, 0.29) is 17.9 Å². The van der Waals surface area contributed by atoms with Crippen molar-refractivity contribution >= 4 is 11.9 Å². The minimum Gasteiger partial charge on any atom is -0.493 e. The lowest BCUT2D eigenvalue weighted by molar-refractivity contribution is -0.139. The third-order valence-electron chi connectivity index (χ3n) is 5.97. The molecule has 0 bridgehead atoms. The molecule has 0 radical (unpaired) electrons. The highest BCUT2D eigenvalue weighted by atomic mass is 16.6. The molecule has 0 fully saturated rings. The normalized spacial score (nSPS) is 10.9. The molecule has 2 rings (SSSR count). The molecule has 0 aliphatic carbocycles. The van der Waals surface area contributed by atoms with E-state index in [0.717, 1.165) is 11.1 Å². The van der Waals surface area contributed by atoms with Gasteiger partial charge in [-0.25, -0.2) is 9.59 Å². The molecule has 0 heterocycles. The second-order valence-corrected chi connectivity index (χ2v) is 9.65. The van der Waals surface area contributed by atoms with Crippen LogP contribution in [-0.4, -0.2) is 45.0 Å². The summed E-state index contributed by atoms with van der Waals surface area (Å²) in [4.78, 5) is 24.0. The predicted octanol–water partition coefficient (Wildman–Crippen LogP) is 6.58. The van der Waals surface area contributed by atoms with Crippen molar-refractivity contribution < 1.29 is 38.0 Å². The van der Waals surface area contributed by atoms with Crippen LogP contribution in [0.2, 0.25) is 0 Å². The Hall–Kier alpha value is -3.94. The van der Waals surface area contributed by atoms with Crippen LogP contribution in [-0.2, 0) is 19.7 Å². The lowest BCUT2D eigenvalue weighted by Crippen LogP contribution is -2.22. The van der Waals surface area contributed by atoms with Crippen LogP contribution in [0.5, 0.6) is 28.7 Å². The molecule has 8 heteroatoms. The maximum Gasteiger partial charge on any atom is 0.338 e. The first kappa shape index (κ1) is 32.3. The Morgan fingerprint density at radius 2 is 1.32 bits per heavy atom. The third-order valence-corrected chi connectivity index (χ3v) is 5.97. The van der Waals surface area contributed by atoms with Gasteiger partial charge in [0, 0.05) is 28.5 Å². The van der Waals surface area contributed by atoms with Crippen LogP contribution in [0.3, 0.4) is 0 Å². The van der Waals surface area contributed by atoms with Crippen LogP contribution in [0.4, 0.5) is 0 Å². The van der Waals surface area contributed by atoms with Crippen LogP contribution in [0, 0.1) is 0 Å². The summed E-state index contributed by atoms with van der Waals surface area (Å²) in [5.74, 6) is 1.04. The van der Waals surface area contributed by atoms with Crippen molar-refractivity contribution in [3.63, 3.8) is 0 Å². The van der Waals surface area contributed by atoms with Crippen LogP contribution < -0.4 is 23.7 Å². The molecule has 0 saturated heterocycles. The quantitative estimate of drug-likeness (QED) is 0.0995. The van der Waals surface area contributed by atoms with Gasteiger partial charge in [-0.2, -0.15) is 0 Å². The summed E-state index contributed by atoms with van der Waals surface area (Å²) in [6.45, 7) is 21.9. The smallest absolute Gasteiger partial charge is 0.338 e. The van der Waals surface area contributed by atoms with Crippen molar-refractivity contribution in [2.45, 2.75) is 60.3 Å². The number of hydrogen-bond donors (Lipinski definition) is 0. The molecule has 8 nitrogen and oxygen atoms in total. The van der Waals surface area contributed by atoms with Gasteiger partial charge in [-0.3, -0.25) is 0 Å². The first-order valence-corrected chi connectivity index (χ1v) is 13.5. The lowest BCUT2D eigenvalue weighted by atomic mass is 9.77. The molecule has 2 aromatic rings. The Kier molecular flexibility index (Phi) is 12.1. The van der Waals surface area contributed by atoms with E-state index in [0.29, 0.717) is 61.4 Å². The Morgan fingerprint density at radius 3 is 1.88 bits per heavy atom. The molecular weight excluding hydrogens is 512 g/mol. The van der Waals surface area contributed by atoms with Gasteiger partial charge in [0.25, 0.3) is 0 Å². The van der Waals surface area contributed by atoms with Gasteiger partial charge >= 0.3 is 11.9 Å². The van der Waals surface area contributed by atoms with E-state index in [4.69, 9.17) is 28.4 Å². The van der Waals surface area contributed by atoms with Gasteiger partial charge in [-0.15, -0.1) is 0 Å². The highest BCUT2D eigenvalue weighted by Gasteiger charge is 2.34. The Morgan fingerprint density at radius 1 is 0.750 bits per heavy atom. The zero-order chi connectivity index (χ0) is 29.9. The fraction of sp³-hybridized carbons (Fsp3) is 0.438. The zero-order valence-electron chi connectivity index (χ0n) is 24.8. The van der Waals surface area contributed by atoms with Gasteiger partial charge in [-0.1, -0.05) is 39.1 Å². The van der Waals surface area contributed by atoms with Crippen molar-refractivity contribution in [2.75, 3.05) is 33.0 Å². The monoisotopic (exact) mass is 554 g/mol. The van der Waals surface area contributed by atoms with Crippen molar-refractivity contribution in [3.05, 3.63) is 65.8 Å². The average molecular weight is 555 g/mol. The van der Waals surface area contributed by atoms with Gasteiger partial charge in [0.1, 0.15) is 5.75 Å². The van der Waals surface area contributed by atoms with E-state index in [9.17, 15) is 9.59 Å². The van der Waals surface area contributed by atoms with E-state index in [1.54, 1.807) is 13.8 Å². The fourth-order valence-electron chi connectivity index (χ4n) is 3.83. The summed E-state index contributed by atoms with van der Waals surface area (Å²) in [7, 11) is 0. The first-order valence-electron chi connectivity index (χ1n) is 13.5. The van der Waals surface area contributed by atoms with Crippen LogP contribution in [0.1, 0.15) is 66.0 Å². The van der Waals surface area contributed by atoms with Crippen molar-refractivity contribution in [2.24, 2.45) is 0 Å². The minimum atomic E-state index is -0.582. The average Bonchev–Trinajstić information content (AvgIpc) is 2.91. The highest BCUT2D eigenvalue weighted by molar-refractivity contribution is 5.90. The zero-order valence-corrected chi connectivity index (χ0v) is 24.8. The molecular formula is C32H42O8. The summed E-state index contributed by atoms with van der Waals surface area (Å²) in [6, 6.07) is 9.61. The van der Waals surface area contributed by atoms with Crippen LogP contribution in [0.15, 0.2) is 54.6 Å². The topological polar surface area (TPSA) is 89.5 Å². The van der Waals surface area contributed by atoms with E-state index in [2.05, 4.69) is 27.0 Å². The third kappa shape index (κ3) is 8.28. The van der Waals surface area contributed by atoms with Crippen molar-refractivity contribution in [1.82, 2.24) is 0 Å². The number of benzene rings is 2. The van der Waals surface area contributed by atoms with E-state index in [1.165, 1.54) is 0 Å². The van der Waals surface area contributed by atoms with Gasteiger partial charge in [0.2, 0.25) is 11.5 Å². The largest absolute Gasteiger partial charge is 0.493 e. The molecule has 218 valence electrons. The minimum absolute atomic E-state index is 0.164. The predicted molar refractivity (Wildman–Crippen MR) is 155 cm³/mol. The summed E-state index contributed by atoms with van der Waals surface area (Å²) in [5, 5.41) is 0. The molecule has 0 unspecified atom stereocenters. The molecule has 40 heavy (non-hydrogen) atoms. The van der Waals surface area contributed by atoms with Crippen LogP contribution >= 0.6 is 0 Å². The van der Waals surface area contributed by atoms with Gasteiger partial charge in [-0.05, 0) is 58.4 Å². The second-order valence-electron chi connectivity index (χ2n) is 9.65. The van der Waals surface area contributed by atoms with Gasteiger partial charge in [0.15, 0.2) is 11.5 Å². The summed E-state index contributed by atoms with van der Waals surface area (Å²) >= 11 is 0. The number of carbonyl (C=O) groups is 2. The Balaban J connectivity index is 2.42. The maximum atomic E-state index is 12.5. The lowest BCUT2D eigenvalue weighted by Gasteiger charge is -2.31. The molecule has 0 saturated carbocycles. The second kappa shape index (κ2) is 15.0. The molecule has 0 aliphatic rings. The number of ether oxygens (including phenoxy) is 6. The van der Waals surface area contributed by atoms with E-state index in [1.807, 2.05) is 51.1 Å². The molecule has 0 amide bonds. The van der Waals surface area contributed by atoms with E-state index < -0.39 is 17.4 Å². The molecule has 0 aromatic heterocycles. The molecule has 0 atom stereocenters. The van der Waals surface area contributed by atoms with Gasteiger partial charge in [0.05, 0.1) is 33.0 Å². The molecule has 0 aliphatic heterocycles. The molecule has 0 N–H and O–H groups in total. The summed E-state index contributed by atoms with van der Waals surface area (Å²) in [6.07, 6.45) is 0.562. The Bertz CT molecular complexity index is 1190. The summed E-state index contributed by atoms with van der Waals surface area (Å²) < 4.78 is 34.6. The summed E-state index contributed by atoms with van der Waals surface area (Å²) in [5.41, 5.74) is 1.87. The number of rotatable bonds is 16. The SMILES string of the molecule is C=C(C)C(=O)OCCCOc1ccc(C(C)(C)c2cc(OCC)c(OC(=O)C(=C)C)c(OCC)c2OCC)cc1. The first-order chi connectivity index (χ1) is 19.0. The number of carbonyl (C=O) groups excluding carboxylic acids is 2. The van der Waals surface area contributed by atoms with Crippen molar-refractivity contribution in [1.29, 1.82) is 0 Å². The van der Waals surface area contributed by atoms with E-state index >= 15 is 0 Å². The van der Waals surface area contributed by atoms with Crippen molar-refractivity contribution in [3.8, 4) is 28.7 Å². The number of hydrogen-bond acceptors (Lipinski definition) is 8. The molecule has 0 spiro atoms. The standard InChI is InChI=1S/C32H42O8/c1-10-35-26-20-25(27(36-11-2)29(37-12-3)28(26)40-31(34)22(6)7)32(8,9)23-14-16-24(17-15-23)38-18-13-19-39-30(33)21(4)5/h14-17,20H,4,6,10-13,18-19H2,1-3,5,7-9H3. The van der Waals surface area contributed by atoms with Crippen LogP contribution in [0.25, 0.3) is 0 Å². The van der Waals surface area contributed by atoms with Gasteiger partial charge < -0.3 is 28.4 Å². The maximum absolute atomic E-state index is 12.5. The molecule has 2 aromatic carbocycles. The Labute approximate surface area is 237 Å². The highest BCUT2D eigenvalue weighted by Crippen LogP contribution is 2.52.